The van der Waals surface area contributed by atoms with Crippen LogP contribution in [0.25, 0.3) is 5.69 Å². The predicted molar refractivity (Wildman–Crippen MR) is 122 cm³/mol. The first-order valence-electron chi connectivity index (χ1n) is 9.30. The number of aromatic nitrogens is 2. The average Bonchev–Trinajstić information content (AvgIpc) is 3.00. The van der Waals surface area contributed by atoms with Crippen molar-refractivity contribution in [3.8, 4) is 5.69 Å². The van der Waals surface area contributed by atoms with Crippen LogP contribution in [0.4, 0.5) is 5.69 Å². The van der Waals surface area contributed by atoms with E-state index in [1.54, 1.807) is 4.68 Å². The van der Waals surface area contributed by atoms with E-state index in [1.807, 2.05) is 69.3 Å². The molecule has 2 aromatic carbocycles. The Balaban J connectivity index is 1.54. The molecule has 3 aromatic rings. The molecule has 8 heteroatoms. The highest BCUT2D eigenvalue weighted by molar-refractivity contribution is 9.10. The summed E-state index contributed by atoms with van der Waals surface area (Å²) in [4.78, 5) is 25.2. The molecule has 156 valence electrons. The summed E-state index contributed by atoms with van der Waals surface area (Å²) in [5.74, 6) is -0.702. The number of hydrogen-bond donors (Lipinski definition) is 1. The average molecular weight is 488 g/mol. The first-order chi connectivity index (χ1) is 14.3. The smallest absolute Gasteiger partial charge is 0.316 e. The predicted octanol–water partition coefficient (Wildman–Crippen LogP) is 4.83. The Morgan fingerprint density at radius 3 is 2.40 bits per heavy atom. The van der Waals surface area contributed by atoms with Gasteiger partial charge in [0.2, 0.25) is 0 Å². The number of hydrogen-bond acceptors (Lipinski definition) is 5. The standard InChI is InChI=1S/C22H22BrN3O3S/c1-14-4-8-18(9-5-14)26-16(3)22(15(2)25-26)24-20(27)12-29-21(28)13-30-19-10-6-17(23)7-11-19/h4-11H,12-13H2,1-3H3,(H,24,27). The molecule has 1 aromatic heterocycles. The highest BCUT2D eigenvalue weighted by Crippen LogP contribution is 2.23. The highest BCUT2D eigenvalue weighted by atomic mass is 79.9. The minimum absolute atomic E-state index is 0.137. The Morgan fingerprint density at radius 1 is 1.07 bits per heavy atom. The zero-order valence-electron chi connectivity index (χ0n) is 16.9. The third kappa shape index (κ3) is 5.73. The Hall–Kier alpha value is -2.58. The molecule has 0 saturated heterocycles. The van der Waals surface area contributed by atoms with Crippen LogP contribution >= 0.6 is 27.7 Å². The molecule has 1 N–H and O–H groups in total. The molecule has 0 saturated carbocycles. The zero-order chi connectivity index (χ0) is 21.7. The largest absolute Gasteiger partial charge is 0.455 e. The number of halogens is 1. The van der Waals surface area contributed by atoms with Gasteiger partial charge in [-0.2, -0.15) is 5.10 Å². The number of benzene rings is 2. The molecule has 0 atom stereocenters. The molecular formula is C22H22BrN3O3S. The summed E-state index contributed by atoms with van der Waals surface area (Å²) in [5, 5.41) is 7.32. The van der Waals surface area contributed by atoms with Crippen molar-refractivity contribution in [1.29, 1.82) is 0 Å². The van der Waals surface area contributed by atoms with Crippen molar-refractivity contribution in [2.24, 2.45) is 0 Å². The van der Waals surface area contributed by atoms with Crippen LogP contribution in [0.2, 0.25) is 0 Å². The van der Waals surface area contributed by atoms with E-state index >= 15 is 0 Å². The lowest BCUT2D eigenvalue weighted by Gasteiger charge is -2.08. The minimum atomic E-state index is -0.443. The highest BCUT2D eigenvalue weighted by Gasteiger charge is 2.16. The van der Waals surface area contributed by atoms with Crippen molar-refractivity contribution in [3.63, 3.8) is 0 Å². The van der Waals surface area contributed by atoms with Gasteiger partial charge in [0.25, 0.3) is 5.91 Å². The number of aryl methyl sites for hydroxylation is 2. The summed E-state index contributed by atoms with van der Waals surface area (Å²) in [7, 11) is 0. The molecule has 0 aliphatic heterocycles. The van der Waals surface area contributed by atoms with Gasteiger partial charge in [0.15, 0.2) is 6.61 Å². The molecule has 0 aliphatic carbocycles. The van der Waals surface area contributed by atoms with E-state index in [2.05, 4.69) is 26.3 Å². The van der Waals surface area contributed by atoms with Gasteiger partial charge in [-0.1, -0.05) is 33.6 Å². The van der Waals surface area contributed by atoms with Crippen molar-refractivity contribution in [3.05, 3.63) is 70.0 Å². The molecule has 1 amide bonds. The number of thioether (sulfide) groups is 1. The Labute approximate surface area is 188 Å². The van der Waals surface area contributed by atoms with E-state index < -0.39 is 11.9 Å². The fraction of sp³-hybridized carbons (Fsp3) is 0.227. The molecule has 1 heterocycles. The van der Waals surface area contributed by atoms with Gasteiger partial charge in [0, 0.05) is 9.37 Å². The van der Waals surface area contributed by atoms with Crippen LogP contribution in [-0.2, 0) is 14.3 Å². The van der Waals surface area contributed by atoms with E-state index in [-0.39, 0.29) is 12.4 Å². The maximum atomic E-state index is 12.3. The SMILES string of the molecule is Cc1ccc(-n2nc(C)c(NC(=O)COC(=O)CSc3ccc(Br)cc3)c2C)cc1. The second-order valence-corrected chi connectivity index (χ2v) is 8.71. The lowest BCUT2D eigenvalue weighted by atomic mass is 10.2. The maximum absolute atomic E-state index is 12.3. The fourth-order valence-corrected chi connectivity index (χ4v) is 3.76. The molecular weight excluding hydrogens is 466 g/mol. The number of nitrogens with one attached hydrogen (secondary N) is 1. The minimum Gasteiger partial charge on any atom is -0.455 e. The number of nitrogens with zero attached hydrogens (tertiary/aromatic N) is 2. The zero-order valence-corrected chi connectivity index (χ0v) is 19.3. The van der Waals surface area contributed by atoms with E-state index in [0.29, 0.717) is 11.4 Å². The molecule has 0 spiro atoms. The quantitative estimate of drug-likeness (QED) is 0.381. The lowest BCUT2D eigenvalue weighted by Crippen LogP contribution is -2.22. The van der Waals surface area contributed by atoms with E-state index in [4.69, 9.17) is 4.74 Å². The van der Waals surface area contributed by atoms with Gasteiger partial charge in [0.1, 0.15) is 0 Å². The summed E-state index contributed by atoms with van der Waals surface area (Å²) < 4.78 is 7.85. The van der Waals surface area contributed by atoms with Gasteiger partial charge in [-0.05, 0) is 57.2 Å². The summed E-state index contributed by atoms with van der Waals surface area (Å²) in [5.41, 5.74) is 4.20. The second kappa shape index (κ2) is 9.95. The number of rotatable bonds is 7. The molecule has 0 unspecified atom stereocenters. The number of carbonyl (C=O) groups excluding carboxylic acids is 2. The van der Waals surface area contributed by atoms with Crippen molar-refractivity contribution < 1.29 is 14.3 Å². The Bertz CT molecular complexity index is 1050. The summed E-state index contributed by atoms with van der Waals surface area (Å²) in [6.07, 6.45) is 0. The monoisotopic (exact) mass is 487 g/mol. The molecule has 0 fully saturated rings. The molecule has 0 bridgehead atoms. The Morgan fingerprint density at radius 2 is 1.73 bits per heavy atom. The summed E-state index contributed by atoms with van der Waals surface area (Å²) in [6.45, 7) is 5.40. The lowest BCUT2D eigenvalue weighted by molar-refractivity contribution is -0.144. The molecule has 3 rings (SSSR count). The van der Waals surface area contributed by atoms with Crippen LogP contribution in [-0.4, -0.2) is 34.0 Å². The van der Waals surface area contributed by atoms with Crippen molar-refractivity contribution >= 4 is 45.3 Å². The van der Waals surface area contributed by atoms with Gasteiger partial charge < -0.3 is 10.1 Å². The maximum Gasteiger partial charge on any atom is 0.316 e. The van der Waals surface area contributed by atoms with Crippen LogP contribution < -0.4 is 5.32 Å². The van der Waals surface area contributed by atoms with E-state index in [9.17, 15) is 9.59 Å². The number of anilines is 1. The first kappa shape index (κ1) is 22.1. The topological polar surface area (TPSA) is 73.2 Å². The van der Waals surface area contributed by atoms with E-state index in [1.165, 1.54) is 11.8 Å². The van der Waals surface area contributed by atoms with Crippen LogP contribution in [0.5, 0.6) is 0 Å². The van der Waals surface area contributed by atoms with Crippen LogP contribution in [0, 0.1) is 20.8 Å². The van der Waals surface area contributed by atoms with E-state index in [0.717, 1.165) is 26.3 Å². The van der Waals surface area contributed by atoms with Gasteiger partial charge in [0.05, 0.1) is 28.5 Å². The van der Waals surface area contributed by atoms with Crippen molar-refractivity contribution in [2.45, 2.75) is 25.7 Å². The van der Waals surface area contributed by atoms with Crippen LogP contribution in [0.3, 0.4) is 0 Å². The third-order valence-electron chi connectivity index (χ3n) is 4.37. The summed E-state index contributed by atoms with van der Waals surface area (Å²) in [6, 6.07) is 15.6. The molecule has 30 heavy (non-hydrogen) atoms. The third-order valence-corrected chi connectivity index (χ3v) is 5.88. The van der Waals surface area contributed by atoms with Crippen LogP contribution in [0.15, 0.2) is 57.9 Å². The van der Waals surface area contributed by atoms with Gasteiger partial charge >= 0.3 is 5.97 Å². The van der Waals surface area contributed by atoms with Gasteiger partial charge in [-0.3, -0.25) is 9.59 Å². The molecule has 6 nitrogen and oxygen atoms in total. The normalized spacial score (nSPS) is 10.7. The number of ether oxygens (including phenoxy) is 1. The number of amides is 1. The summed E-state index contributed by atoms with van der Waals surface area (Å²) >= 11 is 4.73. The fourth-order valence-electron chi connectivity index (χ4n) is 2.80. The second-order valence-electron chi connectivity index (χ2n) is 6.74. The van der Waals surface area contributed by atoms with Crippen molar-refractivity contribution in [2.75, 3.05) is 17.7 Å². The molecule has 0 aliphatic rings. The van der Waals surface area contributed by atoms with Gasteiger partial charge in [-0.25, -0.2) is 4.68 Å². The first-order valence-corrected chi connectivity index (χ1v) is 11.1. The van der Waals surface area contributed by atoms with Gasteiger partial charge in [-0.15, -0.1) is 11.8 Å². The number of carbonyl (C=O) groups is 2. The Kier molecular flexibility index (Phi) is 7.33. The molecule has 0 radical (unpaired) electrons. The number of esters is 1. The van der Waals surface area contributed by atoms with Crippen molar-refractivity contribution in [1.82, 2.24) is 9.78 Å². The van der Waals surface area contributed by atoms with Crippen LogP contribution in [0.1, 0.15) is 17.0 Å².